The lowest BCUT2D eigenvalue weighted by atomic mass is 10.1. The van der Waals surface area contributed by atoms with Crippen molar-refractivity contribution in [1.82, 2.24) is 0 Å². The van der Waals surface area contributed by atoms with Crippen molar-refractivity contribution in [3.8, 4) is 0 Å². The van der Waals surface area contributed by atoms with E-state index < -0.39 is 0 Å². The summed E-state index contributed by atoms with van der Waals surface area (Å²) in [5.41, 5.74) is 2.70. The van der Waals surface area contributed by atoms with E-state index in [1.54, 1.807) is 18.2 Å². The van der Waals surface area contributed by atoms with Crippen molar-refractivity contribution in [2.75, 3.05) is 5.32 Å². The molecule has 2 aromatic rings. The van der Waals surface area contributed by atoms with Crippen molar-refractivity contribution in [3.05, 3.63) is 64.4 Å². The van der Waals surface area contributed by atoms with Crippen molar-refractivity contribution < 1.29 is 9.18 Å². The Morgan fingerprint density at radius 2 is 1.95 bits per heavy atom. The van der Waals surface area contributed by atoms with Crippen molar-refractivity contribution in [2.24, 2.45) is 5.92 Å². The predicted molar refractivity (Wildman–Crippen MR) is 82.1 cm³/mol. The molecule has 1 aliphatic rings. The summed E-state index contributed by atoms with van der Waals surface area (Å²) in [5.74, 6) is -0.124. The second-order valence-electron chi connectivity index (χ2n) is 5.45. The Balaban J connectivity index is 1.65. The highest BCUT2D eigenvalue weighted by atomic mass is 35.5. The monoisotopic (exact) mass is 303 g/mol. The van der Waals surface area contributed by atoms with Gasteiger partial charge in [0.15, 0.2) is 0 Å². The van der Waals surface area contributed by atoms with Gasteiger partial charge < -0.3 is 5.32 Å². The number of hydrogen-bond donors (Lipinski definition) is 1. The van der Waals surface area contributed by atoms with E-state index >= 15 is 0 Å². The van der Waals surface area contributed by atoms with Crippen LogP contribution in [0.3, 0.4) is 0 Å². The van der Waals surface area contributed by atoms with Gasteiger partial charge in [0.1, 0.15) is 5.82 Å². The molecule has 0 saturated heterocycles. The summed E-state index contributed by atoms with van der Waals surface area (Å²) in [6.07, 6.45) is 0.803. The molecule has 0 spiro atoms. The number of rotatable bonds is 3. The van der Waals surface area contributed by atoms with Crippen LogP contribution in [0.4, 0.5) is 10.1 Å². The van der Waals surface area contributed by atoms with Crippen LogP contribution in [0.15, 0.2) is 42.5 Å². The van der Waals surface area contributed by atoms with Crippen LogP contribution in [0.25, 0.3) is 0 Å². The van der Waals surface area contributed by atoms with E-state index in [9.17, 15) is 9.18 Å². The van der Waals surface area contributed by atoms with Gasteiger partial charge in [0.2, 0.25) is 5.91 Å². The van der Waals surface area contributed by atoms with Gasteiger partial charge in [0, 0.05) is 16.6 Å². The highest BCUT2D eigenvalue weighted by Gasteiger charge is 2.43. The van der Waals surface area contributed by atoms with Crippen LogP contribution in [0.1, 0.15) is 23.5 Å². The van der Waals surface area contributed by atoms with Crippen molar-refractivity contribution in [1.29, 1.82) is 0 Å². The van der Waals surface area contributed by atoms with E-state index in [4.69, 9.17) is 11.6 Å². The molecule has 108 valence electrons. The highest BCUT2D eigenvalue weighted by molar-refractivity contribution is 6.31. The zero-order chi connectivity index (χ0) is 15.0. The first-order valence-corrected chi connectivity index (χ1v) is 7.25. The van der Waals surface area contributed by atoms with Crippen LogP contribution in [0.2, 0.25) is 5.02 Å². The number of amides is 1. The Morgan fingerprint density at radius 1 is 1.24 bits per heavy atom. The molecule has 0 heterocycles. The fraction of sp³-hybridized carbons (Fsp3) is 0.235. The molecule has 21 heavy (non-hydrogen) atoms. The smallest absolute Gasteiger partial charge is 0.228 e. The fourth-order valence-electron chi connectivity index (χ4n) is 2.47. The maximum atomic E-state index is 12.9. The summed E-state index contributed by atoms with van der Waals surface area (Å²) >= 11 is 6.05. The van der Waals surface area contributed by atoms with Crippen LogP contribution >= 0.6 is 11.6 Å². The number of anilines is 1. The first-order chi connectivity index (χ1) is 10.0. The third kappa shape index (κ3) is 3.08. The summed E-state index contributed by atoms with van der Waals surface area (Å²) < 4.78 is 12.9. The number of hydrogen-bond acceptors (Lipinski definition) is 1. The average molecular weight is 304 g/mol. The topological polar surface area (TPSA) is 29.1 Å². The molecule has 3 rings (SSSR count). The molecule has 2 atom stereocenters. The second-order valence-corrected chi connectivity index (χ2v) is 5.86. The van der Waals surface area contributed by atoms with E-state index in [1.165, 1.54) is 12.1 Å². The first kappa shape index (κ1) is 14.1. The molecule has 0 bridgehead atoms. The maximum Gasteiger partial charge on any atom is 0.228 e. The normalized spacial score (nSPS) is 20.1. The number of carbonyl (C=O) groups is 1. The van der Waals surface area contributed by atoms with Gasteiger partial charge in [-0.1, -0.05) is 29.8 Å². The number of aryl methyl sites for hydroxylation is 1. The second kappa shape index (κ2) is 5.49. The predicted octanol–water partition coefficient (Wildman–Crippen LogP) is 4.53. The molecular weight excluding hydrogens is 289 g/mol. The lowest BCUT2D eigenvalue weighted by molar-refractivity contribution is -0.117. The third-order valence-corrected chi connectivity index (χ3v) is 4.27. The highest BCUT2D eigenvalue weighted by Crippen LogP contribution is 2.48. The number of nitrogens with one attached hydrogen (secondary N) is 1. The van der Waals surface area contributed by atoms with E-state index in [2.05, 4.69) is 5.32 Å². The molecule has 1 fully saturated rings. The molecule has 0 radical (unpaired) electrons. The van der Waals surface area contributed by atoms with Gasteiger partial charge in [-0.05, 0) is 54.7 Å². The fourth-order valence-corrected chi connectivity index (χ4v) is 2.65. The largest absolute Gasteiger partial charge is 0.326 e. The lowest BCUT2D eigenvalue weighted by Crippen LogP contribution is -2.14. The average Bonchev–Trinajstić information content (AvgIpc) is 3.24. The molecule has 1 saturated carbocycles. The molecule has 0 aliphatic heterocycles. The Hall–Kier alpha value is -1.87. The van der Waals surface area contributed by atoms with Crippen LogP contribution in [0, 0.1) is 18.7 Å². The van der Waals surface area contributed by atoms with E-state index in [-0.39, 0.29) is 23.6 Å². The first-order valence-electron chi connectivity index (χ1n) is 6.87. The molecule has 2 aromatic carbocycles. The molecule has 1 aliphatic carbocycles. The van der Waals surface area contributed by atoms with Gasteiger partial charge in [-0.15, -0.1) is 0 Å². The maximum absolute atomic E-state index is 12.9. The summed E-state index contributed by atoms with van der Waals surface area (Å²) in [4.78, 5) is 12.2. The summed E-state index contributed by atoms with van der Waals surface area (Å²) in [6.45, 7) is 1.92. The SMILES string of the molecule is Cc1ccc(NC(=O)C2CC2c2ccc(F)cc2)cc1Cl. The number of halogens is 2. The Morgan fingerprint density at radius 3 is 2.62 bits per heavy atom. The van der Waals surface area contributed by atoms with Crippen molar-refractivity contribution in [3.63, 3.8) is 0 Å². The van der Waals surface area contributed by atoms with Crippen molar-refractivity contribution in [2.45, 2.75) is 19.3 Å². The zero-order valence-electron chi connectivity index (χ0n) is 11.6. The Kier molecular flexibility index (Phi) is 3.68. The van der Waals surface area contributed by atoms with E-state index in [1.807, 2.05) is 19.1 Å². The van der Waals surface area contributed by atoms with Crippen molar-refractivity contribution >= 4 is 23.2 Å². The summed E-state index contributed by atoms with van der Waals surface area (Å²) in [5, 5.41) is 3.52. The standard InChI is InChI=1S/C17H15ClFNO/c1-10-2-7-13(8-16(10)18)20-17(21)15-9-14(15)11-3-5-12(19)6-4-11/h2-8,14-15H,9H2,1H3,(H,20,21). The zero-order valence-corrected chi connectivity index (χ0v) is 12.3. The quantitative estimate of drug-likeness (QED) is 0.887. The molecule has 0 aromatic heterocycles. The van der Waals surface area contributed by atoms with Crippen LogP contribution in [0.5, 0.6) is 0 Å². The molecular formula is C17H15ClFNO. The summed E-state index contributed by atoms with van der Waals surface area (Å²) in [6, 6.07) is 11.8. The van der Waals surface area contributed by atoms with Gasteiger partial charge in [-0.2, -0.15) is 0 Å². The van der Waals surface area contributed by atoms with Gasteiger partial charge in [-0.3, -0.25) is 4.79 Å². The van der Waals surface area contributed by atoms with Crippen LogP contribution in [-0.4, -0.2) is 5.91 Å². The van der Waals surface area contributed by atoms with Crippen LogP contribution in [-0.2, 0) is 4.79 Å². The minimum absolute atomic E-state index is 0.00996. The van der Waals surface area contributed by atoms with E-state index in [0.717, 1.165) is 17.5 Å². The Bertz CT molecular complexity index is 684. The lowest BCUT2D eigenvalue weighted by Gasteiger charge is -2.07. The van der Waals surface area contributed by atoms with Gasteiger partial charge in [0.25, 0.3) is 0 Å². The molecule has 1 N–H and O–H groups in total. The number of benzene rings is 2. The number of carbonyl (C=O) groups excluding carboxylic acids is 1. The van der Waals surface area contributed by atoms with E-state index in [0.29, 0.717) is 10.7 Å². The molecule has 4 heteroatoms. The van der Waals surface area contributed by atoms with Gasteiger partial charge >= 0.3 is 0 Å². The Labute approximate surface area is 127 Å². The minimum atomic E-state index is -0.255. The summed E-state index contributed by atoms with van der Waals surface area (Å²) in [7, 11) is 0. The third-order valence-electron chi connectivity index (χ3n) is 3.86. The van der Waals surface area contributed by atoms with Gasteiger partial charge in [-0.25, -0.2) is 4.39 Å². The minimum Gasteiger partial charge on any atom is -0.326 e. The molecule has 1 amide bonds. The molecule has 2 unspecified atom stereocenters. The van der Waals surface area contributed by atoms with Crippen LogP contribution < -0.4 is 5.32 Å². The van der Waals surface area contributed by atoms with Gasteiger partial charge in [0.05, 0.1) is 0 Å². The molecule has 2 nitrogen and oxygen atoms in total.